The van der Waals surface area contributed by atoms with E-state index in [1.54, 1.807) is 0 Å². The van der Waals surface area contributed by atoms with E-state index in [1.165, 1.54) is 31.4 Å². The molecule has 2 fully saturated rings. The number of nitrogens with zero attached hydrogens (tertiary/aromatic N) is 2. The van der Waals surface area contributed by atoms with Gasteiger partial charge in [0, 0.05) is 71.8 Å². The van der Waals surface area contributed by atoms with Gasteiger partial charge >= 0.3 is 0 Å². The third-order valence-corrected chi connectivity index (χ3v) is 8.44. The Labute approximate surface area is 233 Å². The van der Waals surface area contributed by atoms with E-state index >= 15 is 0 Å². The Morgan fingerprint density at radius 1 is 0.675 bits per heavy atom. The van der Waals surface area contributed by atoms with Crippen molar-refractivity contribution in [2.45, 2.75) is 24.9 Å². The van der Waals surface area contributed by atoms with Crippen LogP contribution in [0.3, 0.4) is 0 Å². The third-order valence-electron chi connectivity index (χ3n) is 8.44. The second-order valence-electron chi connectivity index (χ2n) is 10.9. The number of piperidine rings is 1. The Hall–Kier alpha value is -3.90. The molecule has 4 nitrogen and oxygen atoms in total. The minimum absolute atomic E-state index is 0.415. The van der Waals surface area contributed by atoms with Crippen molar-refractivity contribution in [1.82, 2.24) is 0 Å². The van der Waals surface area contributed by atoms with Crippen molar-refractivity contribution >= 4 is 28.2 Å². The summed E-state index contributed by atoms with van der Waals surface area (Å²) in [5, 5.41) is 2.23. The van der Waals surface area contributed by atoms with Crippen LogP contribution in [0.15, 0.2) is 78.9 Å². The van der Waals surface area contributed by atoms with E-state index in [0.717, 1.165) is 65.5 Å². The first-order valence-corrected chi connectivity index (χ1v) is 14.2. The summed E-state index contributed by atoms with van der Waals surface area (Å²) in [4.78, 5) is 4.72. The fourth-order valence-electron chi connectivity index (χ4n) is 6.40. The van der Waals surface area contributed by atoms with Gasteiger partial charge in [0.05, 0.1) is 13.2 Å². The first kappa shape index (κ1) is 25.1. The summed E-state index contributed by atoms with van der Waals surface area (Å²) in [6.45, 7) is 5.00. The van der Waals surface area contributed by atoms with Crippen LogP contribution in [0.25, 0.3) is 16.8 Å². The lowest BCUT2D eigenvalue weighted by Gasteiger charge is -2.38. The highest BCUT2D eigenvalue weighted by molar-refractivity contribution is 6.02. The van der Waals surface area contributed by atoms with Crippen LogP contribution in [0.4, 0.5) is 20.2 Å². The van der Waals surface area contributed by atoms with Crippen LogP contribution in [-0.4, -0.2) is 39.4 Å². The minimum atomic E-state index is -1.19. The largest absolute Gasteiger partial charge is 0.473 e. The molecular formula is C34H32F2N2O2. The molecule has 4 aromatic rings. The van der Waals surface area contributed by atoms with Gasteiger partial charge in [0.2, 0.25) is 0 Å². The predicted octanol–water partition coefficient (Wildman–Crippen LogP) is 7.29. The van der Waals surface area contributed by atoms with Gasteiger partial charge in [0.15, 0.2) is 5.60 Å². The second-order valence-corrected chi connectivity index (χ2v) is 10.9. The normalized spacial score (nSPS) is 20.9. The molecule has 0 amide bonds. The number of rotatable bonds is 4. The van der Waals surface area contributed by atoms with Crippen LogP contribution in [0.2, 0.25) is 0 Å². The van der Waals surface area contributed by atoms with Crippen molar-refractivity contribution in [2.75, 3.05) is 49.2 Å². The van der Waals surface area contributed by atoms with Gasteiger partial charge in [-0.1, -0.05) is 36.4 Å². The number of morpholine rings is 1. The molecule has 204 valence electrons. The fraction of sp³-hybridized carbons (Fsp3) is 0.294. The number of benzene rings is 4. The van der Waals surface area contributed by atoms with Crippen LogP contribution in [0.1, 0.15) is 36.0 Å². The Balaban J connectivity index is 1.38. The van der Waals surface area contributed by atoms with Gasteiger partial charge in [-0.3, -0.25) is 0 Å². The average molecular weight is 539 g/mol. The van der Waals surface area contributed by atoms with Crippen molar-refractivity contribution in [3.8, 4) is 5.75 Å². The number of anilines is 2. The zero-order valence-electron chi connectivity index (χ0n) is 22.4. The standard InChI is InChI=1S/C34H32F2N2O2/c35-26-20-25(21-27(36)22-26)34(24-8-10-28(11-9-24)37-14-4-1-5-15-37)13-12-31-29-6-2-3-7-30(29)32(23-33(31)40-34)38-16-18-39-19-17-38/h2-3,6-13,20-23H,1,4-5,14-19H2/t34-/m1/s1. The summed E-state index contributed by atoms with van der Waals surface area (Å²) in [7, 11) is 0. The van der Waals surface area contributed by atoms with Crippen LogP contribution in [-0.2, 0) is 10.3 Å². The Bertz CT molecular complexity index is 1550. The first-order valence-electron chi connectivity index (χ1n) is 14.2. The average Bonchev–Trinajstić information content (AvgIpc) is 3.01. The van der Waals surface area contributed by atoms with E-state index in [1.807, 2.05) is 30.4 Å². The summed E-state index contributed by atoms with van der Waals surface area (Å²) < 4.78 is 41.8. The Kier molecular flexibility index (Phi) is 6.43. The number of ether oxygens (including phenoxy) is 2. The fourth-order valence-corrected chi connectivity index (χ4v) is 6.40. The molecule has 0 radical (unpaired) electrons. The zero-order chi connectivity index (χ0) is 27.1. The van der Waals surface area contributed by atoms with Crippen LogP contribution in [0, 0.1) is 11.6 Å². The molecule has 40 heavy (non-hydrogen) atoms. The van der Waals surface area contributed by atoms with Gasteiger partial charge in [-0.25, -0.2) is 8.78 Å². The molecule has 0 unspecified atom stereocenters. The number of hydrogen-bond donors (Lipinski definition) is 0. The number of hydrogen-bond acceptors (Lipinski definition) is 4. The highest BCUT2D eigenvalue weighted by Gasteiger charge is 2.39. The maximum Gasteiger partial charge on any atom is 0.178 e. The third kappa shape index (κ3) is 4.40. The lowest BCUT2D eigenvalue weighted by molar-refractivity contribution is 0.122. The number of halogens is 2. The van der Waals surface area contributed by atoms with E-state index in [-0.39, 0.29) is 0 Å². The smallest absolute Gasteiger partial charge is 0.178 e. The second kappa shape index (κ2) is 10.3. The van der Waals surface area contributed by atoms with Crippen LogP contribution in [0.5, 0.6) is 5.75 Å². The van der Waals surface area contributed by atoms with Gasteiger partial charge in [-0.2, -0.15) is 0 Å². The summed E-state index contributed by atoms with van der Waals surface area (Å²) in [6, 6.07) is 22.3. The van der Waals surface area contributed by atoms with Crippen molar-refractivity contribution in [2.24, 2.45) is 0 Å². The molecule has 0 bridgehead atoms. The Morgan fingerprint density at radius 3 is 2.10 bits per heavy atom. The number of fused-ring (bicyclic) bond motifs is 3. The molecule has 0 aromatic heterocycles. The summed E-state index contributed by atoms with van der Waals surface area (Å²) >= 11 is 0. The van der Waals surface area contributed by atoms with Crippen LogP contribution < -0.4 is 14.5 Å². The maximum atomic E-state index is 14.6. The molecule has 0 aliphatic carbocycles. The summed E-state index contributed by atoms with van der Waals surface area (Å²) in [5.41, 5.74) is 3.24. The van der Waals surface area contributed by atoms with Crippen molar-refractivity contribution < 1.29 is 18.3 Å². The highest BCUT2D eigenvalue weighted by atomic mass is 19.1. The predicted molar refractivity (Wildman–Crippen MR) is 156 cm³/mol. The molecule has 3 aliphatic heterocycles. The molecule has 0 N–H and O–H groups in total. The SMILES string of the molecule is Fc1cc(F)cc([C@]2(c3ccc(N4CCCCC4)cc3)C=Cc3c(cc(N4CCOCC4)c4ccccc34)O2)c1. The van der Waals surface area contributed by atoms with Crippen molar-refractivity contribution in [1.29, 1.82) is 0 Å². The molecule has 0 saturated carbocycles. The molecule has 1 atom stereocenters. The molecular weight excluding hydrogens is 506 g/mol. The van der Waals surface area contributed by atoms with E-state index in [0.29, 0.717) is 24.5 Å². The van der Waals surface area contributed by atoms with E-state index in [2.05, 4.69) is 46.2 Å². The summed E-state index contributed by atoms with van der Waals surface area (Å²) in [6.07, 6.45) is 7.64. The van der Waals surface area contributed by atoms with Crippen LogP contribution >= 0.6 is 0 Å². The monoisotopic (exact) mass is 538 g/mol. The minimum Gasteiger partial charge on any atom is -0.473 e. The quantitative estimate of drug-likeness (QED) is 0.272. The first-order chi connectivity index (χ1) is 19.6. The lowest BCUT2D eigenvalue weighted by atomic mass is 9.82. The topological polar surface area (TPSA) is 24.9 Å². The van der Waals surface area contributed by atoms with Gasteiger partial charge in [0.25, 0.3) is 0 Å². The van der Waals surface area contributed by atoms with E-state index in [4.69, 9.17) is 9.47 Å². The molecule has 2 saturated heterocycles. The van der Waals surface area contributed by atoms with Crippen molar-refractivity contribution in [3.63, 3.8) is 0 Å². The van der Waals surface area contributed by atoms with E-state index < -0.39 is 17.2 Å². The van der Waals surface area contributed by atoms with Gasteiger partial charge in [-0.05, 0) is 61.1 Å². The molecule has 6 heteroatoms. The van der Waals surface area contributed by atoms with Gasteiger partial charge in [0.1, 0.15) is 17.4 Å². The van der Waals surface area contributed by atoms with Gasteiger partial charge < -0.3 is 19.3 Å². The van der Waals surface area contributed by atoms with Gasteiger partial charge in [-0.15, -0.1) is 0 Å². The Morgan fingerprint density at radius 2 is 1.38 bits per heavy atom. The lowest BCUT2D eigenvalue weighted by Crippen LogP contribution is -2.37. The molecule has 0 spiro atoms. The van der Waals surface area contributed by atoms with E-state index in [9.17, 15) is 8.78 Å². The molecule has 4 aromatic carbocycles. The molecule has 7 rings (SSSR count). The maximum absolute atomic E-state index is 14.6. The van der Waals surface area contributed by atoms with Crippen molar-refractivity contribution in [3.05, 3.63) is 107 Å². The highest BCUT2D eigenvalue weighted by Crippen LogP contribution is 2.47. The zero-order valence-corrected chi connectivity index (χ0v) is 22.4. The summed E-state index contributed by atoms with van der Waals surface area (Å²) in [5.74, 6) is -0.572. The molecule has 3 aliphatic rings. The molecule has 3 heterocycles.